The first kappa shape index (κ1) is 8.31. The maximum atomic E-state index is 8.39. The average molecular weight is 187 g/mol. The Bertz CT molecular complexity index is 458. The molecule has 0 unspecified atom stereocenters. The molecule has 6 nitrogen and oxygen atoms in total. The van der Waals surface area contributed by atoms with Crippen molar-refractivity contribution in [1.29, 1.82) is 5.26 Å². The van der Waals surface area contributed by atoms with E-state index in [0.717, 1.165) is 0 Å². The Hall–Kier alpha value is -2.29. The molecule has 2 rings (SSSR count). The summed E-state index contributed by atoms with van der Waals surface area (Å²) in [6.07, 6.45) is 3.27. The van der Waals surface area contributed by atoms with E-state index in [1.165, 1.54) is 0 Å². The molecule has 0 aromatic carbocycles. The molecule has 0 saturated heterocycles. The van der Waals surface area contributed by atoms with Gasteiger partial charge in [-0.1, -0.05) is 5.16 Å². The standard InChI is InChI=1S/C8H5N5O/c9-3-2-6-12-8(13-14-6)7-10-4-1-5-11-7/h1,4-5H,2H2. The zero-order valence-electron chi connectivity index (χ0n) is 7.08. The molecule has 2 heterocycles. The van der Waals surface area contributed by atoms with Crippen LogP contribution in [0.15, 0.2) is 23.0 Å². The highest BCUT2D eigenvalue weighted by molar-refractivity contribution is 5.40. The third-order valence-electron chi connectivity index (χ3n) is 1.46. The molecule has 14 heavy (non-hydrogen) atoms. The summed E-state index contributed by atoms with van der Waals surface area (Å²) in [5.74, 6) is 0.964. The van der Waals surface area contributed by atoms with Crippen LogP contribution in [0.2, 0.25) is 0 Å². The fourth-order valence-electron chi connectivity index (χ4n) is 0.900. The lowest BCUT2D eigenvalue weighted by atomic mass is 10.5. The Morgan fingerprint density at radius 3 is 2.79 bits per heavy atom. The van der Waals surface area contributed by atoms with Gasteiger partial charge in [0.05, 0.1) is 6.07 Å². The molecule has 0 spiro atoms. The first-order chi connectivity index (χ1) is 6.90. The van der Waals surface area contributed by atoms with Crippen LogP contribution in [-0.4, -0.2) is 20.1 Å². The second-order valence-corrected chi connectivity index (χ2v) is 2.42. The molecule has 0 aliphatic carbocycles. The Morgan fingerprint density at radius 1 is 1.29 bits per heavy atom. The second kappa shape index (κ2) is 3.62. The van der Waals surface area contributed by atoms with E-state index in [1.807, 2.05) is 6.07 Å². The summed E-state index contributed by atoms with van der Waals surface area (Å²) in [5.41, 5.74) is 0. The van der Waals surface area contributed by atoms with Gasteiger partial charge in [-0.15, -0.1) is 0 Å². The molecule has 2 aromatic heterocycles. The minimum absolute atomic E-state index is 0.0971. The molecule has 2 aromatic rings. The van der Waals surface area contributed by atoms with E-state index in [0.29, 0.717) is 11.6 Å². The van der Waals surface area contributed by atoms with Gasteiger partial charge >= 0.3 is 0 Å². The number of hydrogen-bond donors (Lipinski definition) is 0. The number of hydrogen-bond acceptors (Lipinski definition) is 6. The molecule has 0 fully saturated rings. The fourth-order valence-corrected chi connectivity index (χ4v) is 0.900. The highest BCUT2D eigenvalue weighted by Crippen LogP contribution is 2.08. The normalized spacial score (nSPS) is 9.64. The number of rotatable bonds is 2. The molecular weight excluding hydrogens is 182 g/mol. The summed E-state index contributed by atoms with van der Waals surface area (Å²) >= 11 is 0. The monoisotopic (exact) mass is 187 g/mol. The first-order valence-corrected chi connectivity index (χ1v) is 3.87. The molecule has 0 aliphatic rings. The molecular formula is C8H5N5O. The van der Waals surface area contributed by atoms with Gasteiger partial charge in [0.1, 0.15) is 6.42 Å². The van der Waals surface area contributed by atoms with Crippen molar-refractivity contribution in [3.63, 3.8) is 0 Å². The van der Waals surface area contributed by atoms with Crippen molar-refractivity contribution in [2.24, 2.45) is 0 Å². The predicted octanol–water partition coefficient (Wildman–Crippen LogP) is 0.593. The van der Waals surface area contributed by atoms with E-state index in [4.69, 9.17) is 9.78 Å². The van der Waals surface area contributed by atoms with E-state index < -0.39 is 0 Å². The Morgan fingerprint density at radius 2 is 2.07 bits per heavy atom. The lowest BCUT2D eigenvalue weighted by molar-refractivity contribution is 0.387. The molecule has 0 radical (unpaired) electrons. The van der Waals surface area contributed by atoms with E-state index in [9.17, 15) is 0 Å². The summed E-state index contributed by atoms with van der Waals surface area (Å²) in [6.45, 7) is 0. The molecule has 0 atom stereocenters. The van der Waals surface area contributed by atoms with E-state index in [-0.39, 0.29) is 12.3 Å². The van der Waals surface area contributed by atoms with Crippen molar-refractivity contribution in [3.05, 3.63) is 24.4 Å². The van der Waals surface area contributed by atoms with Crippen LogP contribution in [-0.2, 0) is 6.42 Å². The number of aromatic nitrogens is 4. The lowest BCUT2D eigenvalue weighted by Gasteiger charge is -1.87. The number of nitriles is 1. The van der Waals surface area contributed by atoms with Gasteiger partial charge in [0.2, 0.25) is 17.5 Å². The van der Waals surface area contributed by atoms with Crippen molar-refractivity contribution in [3.8, 4) is 17.7 Å². The van der Waals surface area contributed by atoms with Crippen LogP contribution in [0.25, 0.3) is 11.6 Å². The van der Waals surface area contributed by atoms with Crippen LogP contribution in [0.1, 0.15) is 5.89 Å². The quantitative estimate of drug-likeness (QED) is 0.683. The van der Waals surface area contributed by atoms with Gasteiger partial charge in [0.15, 0.2) is 0 Å². The summed E-state index contributed by atoms with van der Waals surface area (Å²) in [5, 5.41) is 12.0. The van der Waals surface area contributed by atoms with Gasteiger partial charge in [0.25, 0.3) is 0 Å². The molecule has 6 heteroatoms. The zero-order valence-corrected chi connectivity index (χ0v) is 7.08. The van der Waals surface area contributed by atoms with Gasteiger partial charge in [-0.3, -0.25) is 0 Å². The SMILES string of the molecule is N#CCc1nc(-c2ncccn2)no1. The molecule has 0 N–H and O–H groups in total. The third kappa shape index (κ3) is 1.56. The van der Waals surface area contributed by atoms with Crippen LogP contribution >= 0.6 is 0 Å². The van der Waals surface area contributed by atoms with Crippen LogP contribution in [0, 0.1) is 11.3 Å². The van der Waals surface area contributed by atoms with Crippen molar-refractivity contribution in [2.75, 3.05) is 0 Å². The third-order valence-corrected chi connectivity index (χ3v) is 1.46. The largest absolute Gasteiger partial charge is 0.338 e. The van der Waals surface area contributed by atoms with Crippen molar-refractivity contribution in [1.82, 2.24) is 20.1 Å². The maximum Gasteiger partial charge on any atom is 0.241 e. The van der Waals surface area contributed by atoms with Crippen molar-refractivity contribution in [2.45, 2.75) is 6.42 Å². The van der Waals surface area contributed by atoms with Crippen LogP contribution < -0.4 is 0 Å². The summed E-state index contributed by atoms with van der Waals surface area (Å²) in [6, 6.07) is 3.61. The predicted molar refractivity (Wildman–Crippen MR) is 44.6 cm³/mol. The van der Waals surface area contributed by atoms with Crippen LogP contribution in [0.4, 0.5) is 0 Å². The molecule has 68 valence electrons. The Balaban J connectivity index is 2.31. The van der Waals surface area contributed by atoms with Gasteiger partial charge in [-0.05, 0) is 6.07 Å². The average Bonchev–Trinajstić information content (AvgIpc) is 2.68. The van der Waals surface area contributed by atoms with Gasteiger partial charge in [-0.25, -0.2) is 9.97 Å². The highest BCUT2D eigenvalue weighted by Gasteiger charge is 2.09. The maximum absolute atomic E-state index is 8.39. The molecule has 0 bridgehead atoms. The molecule has 0 amide bonds. The smallest absolute Gasteiger partial charge is 0.241 e. The van der Waals surface area contributed by atoms with Crippen LogP contribution in [0.3, 0.4) is 0 Å². The zero-order chi connectivity index (χ0) is 9.80. The number of nitrogens with zero attached hydrogens (tertiary/aromatic N) is 5. The lowest BCUT2D eigenvalue weighted by Crippen LogP contribution is -1.89. The van der Waals surface area contributed by atoms with Crippen LogP contribution in [0.5, 0.6) is 0 Å². The van der Waals surface area contributed by atoms with Gasteiger partial charge in [-0.2, -0.15) is 10.2 Å². The molecule has 0 saturated carbocycles. The van der Waals surface area contributed by atoms with Gasteiger partial charge < -0.3 is 4.52 Å². The minimum Gasteiger partial charge on any atom is -0.338 e. The van der Waals surface area contributed by atoms with Gasteiger partial charge in [0, 0.05) is 12.4 Å². The highest BCUT2D eigenvalue weighted by atomic mass is 16.5. The summed E-state index contributed by atoms with van der Waals surface area (Å²) in [7, 11) is 0. The van der Waals surface area contributed by atoms with Crippen molar-refractivity contribution < 1.29 is 4.52 Å². The Labute approximate surface area is 79.2 Å². The summed E-state index contributed by atoms with van der Waals surface area (Å²) in [4.78, 5) is 11.8. The molecule has 0 aliphatic heterocycles. The second-order valence-electron chi connectivity index (χ2n) is 2.42. The summed E-state index contributed by atoms with van der Waals surface area (Å²) < 4.78 is 4.80. The topological polar surface area (TPSA) is 88.5 Å². The first-order valence-electron chi connectivity index (χ1n) is 3.87. The van der Waals surface area contributed by atoms with E-state index >= 15 is 0 Å². The van der Waals surface area contributed by atoms with E-state index in [2.05, 4.69) is 20.1 Å². The van der Waals surface area contributed by atoms with E-state index in [1.54, 1.807) is 18.5 Å². The van der Waals surface area contributed by atoms with Crippen molar-refractivity contribution >= 4 is 0 Å². The minimum atomic E-state index is 0.0971. The fraction of sp³-hybridized carbons (Fsp3) is 0.125. The Kier molecular flexibility index (Phi) is 2.15.